The van der Waals surface area contributed by atoms with Crippen molar-refractivity contribution in [3.8, 4) is 0 Å². The molecule has 0 atom stereocenters. The van der Waals surface area contributed by atoms with E-state index in [0.717, 1.165) is 38.8 Å². The quantitative estimate of drug-likeness (QED) is 0.768. The first kappa shape index (κ1) is 11.7. The first-order valence-corrected chi connectivity index (χ1v) is 6.38. The van der Waals surface area contributed by atoms with Gasteiger partial charge in [-0.25, -0.2) is 4.79 Å². The van der Waals surface area contributed by atoms with Crippen molar-refractivity contribution < 1.29 is 4.79 Å². The summed E-state index contributed by atoms with van der Waals surface area (Å²) in [6.07, 6.45) is 5.79. The van der Waals surface area contributed by atoms with E-state index in [1.54, 1.807) is 0 Å². The van der Waals surface area contributed by atoms with Crippen molar-refractivity contribution in [2.24, 2.45) is 0 Å². The van der Waals surface area contributed by atoms with E-state index in [2.05, 4.69) is 17.3 Å². The van der Waals surface area contributed by atoms with Gasteiger partial charge < -0.3 is 15.1 Å². The number of likely N-dealkylation sites (tertiary alicyclic amines) is 1. The minimum atomic E-state index is 0.124. The molecule has 0 spiro atoms. The zero-order valence-corrected chi connectivity index (χ0v) is 10.4. The predicted octanol–water partition coefficient (Wildman–Crippen LogP) is 1.27. The van der Waals surface area contributed by atoms with Crippen LogP contribution < -0.4 is 5.32 Å². The van der Waals surface area contributed by atoms with Crippen LogP contribution in [0.15, 0.2) is 0 Å². The van der Waals surface area contributed by atoms with Gasteiger partial charge in [0.05, 0.1) is 0 Å². The van der Waals surface area contributed by atoms with E-state index in [1.165, 1.54) is 6.42 Å². The Morgan fingerprint density at radius 3 is 2.38 bits per heavy atom. The molecule has 1 heterocycles. The monoisotopic (exact) mass is 225 g/mol. The highest BCUT2D eigenvalue weighted by molar-refractivity contribution is 5.74. The van der Waals surface area contributed by atoms with Gasteiger partial charge in [-0.15, -0.1) is 0 Å². The van der Waals surface area contributed by atoms with Crippen LogP contribution in [0.3, 0.4) is 0 Å². The number of carbonyl (C=O) groups is 1. The van der Waals surface area contributed by atoms with Gasteiger partial charge in [0.1, 0.15) is 0 Å². The Hall–Kier alpha value is -0.770. The average Bonchev–Trinajstić information content (AvgIpc) is 2.23. The summed E-state index contributed by atoms with van der Waals surface area (Å²) in [6, 6.07) is 0.997. The van der Waals surface area contributed by atoms with E-state index in [-0.39, 0.29) is 6.03 Å². The highest BCUT2D eigenvalue weighted by Gasteiger charge is 2.26. The fourth-order valence-corrected chi connectivity index (χ4v) is 2.38. The Balaban J connectivity index is 1.76. The highest BCUT2D eigenvalue weighted by atomic mass is 16.2. The van der Waals surface area contributed by atoms with Gasteiger partial charge in [-0.3, -0.25) is 0 Å². The van der Waals surface area contributed by atoms with Crippen LogP contribution in [0.1, 0.15) is 32.1 Å². The molecule has 4 heteroatoms. The molecule has 1 N–H and O–H groups in total. The van der Waals surface area contributed by atoms with E-state index >= 15 is 0 Å². The van der Waals surface area contributed by atoms with Crippen LogP contribution in [0, 0.1) is 0 Å². The van der Waals surface area contributed by atoms with Crippen molar-refractivity contribution in [2.75, 3.05) is 27.2 Å². The van der Waals surface area contributed by atoms with Crippen LogP contribution >= 0.6 is 0 Å². The Kier molecular flexibility index (Phi) is 3.69. The van der Waals surface area contributed by atoms with E-state index in [0.29, 0.717) is 12.1 Å². The summed E-state index contributed by atoms with van der Waals surface area (Å²) in [5, 5.41) is 3.10. The molecule has 92 valence electrons. The number of piperidine rings is 1. The van der Waals surface area contributed by atoms with Gasteiger partial charge in [-0.05, 0) is 52.2 Å². The summed E-state index contributed by atoms with van der Waals surface area (Å²) in [5.41, 5.74) is 0. The third kappa shape index (κ3) is 2.67. The standard InChI is InChI=1S/C12H23N3O/c1-14-8-6-11(7-9-14)15(2)12(16)13-10-4-3-5-10/h10-11H,3-9H2,1-2H3,(H,13,16). The smallest absolute Gasteiger partial charge is 0.317 e. The maximum absolute atomic E-state index is 11.9. The van der Waals surface area contributed by atoms with Gasteiger partial charge in [0.25, 0.3) is 0 Å². The lowest BCUT2D eigenvalue weighted by atomic mass is 9.93. The third-order valence-corrected chi connectivity index (χ3v) is 3.99. The molecule has 1 saturated carbocycles. The first-order chi connectivity index (χ1) is 7.66. The molecule has 2 aliphatic rings. The SMILES string of the molecule is CN1CCC(N(C)C(=O)NC2CCC2)CC1. The molecule has 1 aliphatic heterocycles. The normalized spacial score (nSPS) is 23.9. The molecular formula is C12H23N3O. The summed E-state index contributed by atoms with van der Waals surface area (Å²) in [7, 11) is 4.08. The van der Waals surface area contributed by atoms with Crippen LogP contribution in [0.2, 0.25) is 0 Å². The first-order valence-electron chi connectivity index (χ1n) is 6.38. The summed E-state index contributed by atoms with van der Waals surface area (Å²) >= 11 is 0. The zero-order chi connectivity index (χ0) is 11.5. The lowest BCUT2D eigenvalue weighted by Crippen LogP contribution is -2.51. The minimum absolute atomic E-state index is 0.124. The fraction of sp³-hybridized carbons (Fsp3) is 0.917. The minimum Gasteiger partial charge on any atom is -0.335 e. The Morgan fingerprint density at radius 1 is 1.25 bits per heavy atom. The molecule has 0 unspecified atom stereocenters. The van der Waals surface area contributed by atoms with Crippen LogP contribution in [0.5, 0.6) is 0 Å². The van der Waals surface area contributed by atoms with Crippen LogP contribution in [0.25, 0.3) is 0 Å². The van der Waals surface area contributed by atoms with Crippen molar-refractivity contribution in [1.29, 1.82) is 0 Å². The lowest BCUT2D eigenvalue weighted by molar-refractivity contribution is 0.142. The molecule has 2 rings (SSSR count). The Labute approximate surface area is 98.0 Å². The topological polar surface area (TPSA) is 35.6 Å². The molecule has 0 aromatic carbocycles. The second-order valence-corrected chi connectivity index (χ2v) is 5.22. The van der Waals surface area contributed by atoms with Crippen LogP contribution in [-0.2, 0) is 0 Å². The fourth-order valence-electron chi connectivity index (χ4n) is 2.38. The number of carbonyl (C=O) groups excluding carboxylic acids is 1. The van der Waals surface area contributed by atoms with Gasteiger partial charge in [-0.2, -0.15) is 0 Å². The Bertz CT molecular complexity index is 245. The summed E-state index contributed by atoms with van der Waals surface area (Å²) in [4.78, 5) is 16.2. The molecule has 1 saturated heterocycles. The second kappa shape index (κ2) is 5.04. The number of amides is 2. The van der Waals surface area contributed by atoms with Gasteiger partial charge in [0, 0.05) is 19.1 Å². The molecule has 1 aliphatic carbocycles. The maximum Gasteiger partial charge on any atom is 0.317 e. The number of nitrogens with one attached hydrogen (secondary N) is 1. The van der Waals surface area contributed by atoms with E-state index in [4.69, 9.17) is 0 Å². The summed E-state index contributed by atoms with van der Waals surface area (Å²) in [5.74, 6) is 0. The maximum atomic E-state index is 11.9. The molecule has 0 aromatic rings. The molecular weight excluding hydrogens is 202 g/mol. The van der Waals surface area contributed by atoms with E-state index in [9.17, 15) is 4.79 Å². The molecule has 16 heavy (non-hydrogen) atoms. The largest absolute Gasteiger partial charge is 0.335 e. The van der Waals surface area contributed by atoms with Crippen molar-refractivity contribution in [1.82, 2.24) is 15.1 Å². The lowest BCUT2D eigenvalue weighted by Gasteiger charge is -2.37. The van der Waals surface area contributed by atoms with Gasteiger partial charge in [0.2, 0.25) is 0 Å². The highest BCUT2D eigenvalue weighted by Crippen LogP contribution is 2.19. The molecule has 2 amide bonds. The Morgan fingerprint density at radius 2 is 1.88 bits per heavy atom. The van der Waals surface area contributed by atoms with Gasteiger partial charge >= 0.3 is 6.03 Å². The summed E-state index contributed by atoms with van der Waals surface area (Å²) < 4.78 is 0. The molecule has 0 radical (unpaired) electrons. The van der Waals surface area contributed by atoms with Crippen LogP contribution in [0.4, 0.5) is 4.79 Å². The zero-order valence-electron chi connectivity index (χ0n) is 10.4. The van der Waals surface area contributed by atoms with Gasteiger partial charge in [-0.1, -0.05) is 0 Å². The number of hydrogen-bond donors (Lipinski definition) is 1. The number of urea groups is 1. The van der Waals surface area contributed by atoms with Crippen LogP contribution in [-0.4, -0.2) is 55.1 Å². The average molecular weight is 225 g/mol. The molecule has 0 aromatic heterocycles. The molecule has 2 fully saturated rings. The molecule has 0 bridgehead atoms. The van der Waals surface area contributed by atoms with E-state index in [1.807, 2.05) is 11.9 Å². The molecule has 4 nitrogen and oxygen atoms in total. The van der Waals surface area contributed by atoms with E-state index < -0.39 is 0 Å². The predicted molar refractivity (Wildman–Crippen MR) is 64.5 cm³/mol. The van der Waals surface area contributed by atoms with Crippen molar-refractivity contribution in [3.05, 3.63) is 0 Å². The number of nitrogens with zero attached hydrogens (tertiary/aromatic N) is 2. The third-order valence-electron chi connectivity index (χ3n) is 3.99. The van der Waals surface area contributed by atoms with Crippen molar-refractivity contribution in [2.45, 2.75) is 44.2 Å². The number of rotatable bonds is 2. The van der Waals surface area contributed by atoms with Crippen molar-refractivity contribution >= 4 is 6.03 Å². The van der Waals surface area contributed by atoms with Crippen molar-refractivity contribution in [3.63, 3.8) is 0 Å². The number of hydrogen-bond acceptors (Lipinski definition) is 2. The second-order valence-electron chi connectivity index (χ2n) is 5.22. The van der Waals surface area contributed by atoms with Gasteiger partial charge in [0.15, 0.2) is 0 Å². The summed E-state index contributed by atoms with van der Waals surface area (Å²) in [6.45, 7) is 2.21.